The average Bonchev–Trinajstić information content (AvgIpc) is 2.89. The second-order valence-electron chi connectivity index (χ2n) is 5.66. The van der Waals surface area contributed by atoms with Crippen molar-refractivity contribution < 1.29 is 9.59 Å². The van der Waals surface area contributed by atoms with Crippen molar-refractivity contribution in [2.24, 2.45) is 13.0 Å². The highest BCUT2D eigenvalue weighted by Gasteiger charge is 2.17. The summed E-state index contributed by atoms with van der Waals surface area (Å²) in [4.78, 5) is 28.0. The molecule has 1 atom stereocenters. The van der Waals surface area contributed by atoms with Gasteiger partial charge in [-0.3, -0.25) is 19.3 Å². The van der Waals surface area contributed by atoms with E-state index in [9.17, 15) is 9.59 Å². The zero-order valence-electron chi connectivity index (χ0n) is 13.7. The van der Waals surface area contributed by atoms with Crippen LogP contribution in [0.2, 0.25) is 0 Å². The van der Waals surface area contributed by atoms with E-state index in [1.807, 2.05) is 19.1 Å². The number of aryl methyl sites for hydroxylation is 1. The quantitative estimate of drug-likeness (QED) is 0.882. The van der Waals surface area contributed by atoms with Gasteiger partial charge in [0.25, 0.3) is 5.91 Å². The predicted octanol–water partition coefficient (Wildman–Crippen LogP) is 1.90. The Balaban J connectivity index is 2.07. The molecule has 0 aliphatic carbocycles. The summed E-state index contributed by atoms with van der Waals surface area (Å²) in [5, 5.41) is 9.76. The largest absolute Gasteiger partial charge is 0.344 e. The molecule has 2 amide bonds. The van der Waals surface area contributed by atoms with Gasteiger partial charge in [-0.2, -0.15) is 5.10 Å². The molecule has 2 aromatic heterocycles. The van der Waals surface area contributed by atoms with E-state index in [-0.39, 0.29) is 29.5 Å². The smallest absolute Gasteiger partial charge is 0.272 e. The molecule has 0 radical (unpaired) electrons. The fourth-order valence-corrected chi connectivity index (χ4v) is 1.97. The minimum absolute atomic E-state index is 0.120. The summed E-state index contributed by atoms with van der Waals surface area (Å²) in [5.41, 5.74) is 1.21. The molecule has 7 nitrogen and oxygen atoms in total. The van der Waals surface area contributed by atoms with E-state index in [1.165, 1.54) is 4.68 Å². The van der Waals surface area contributed by atoms with Crippen molar-refractivity contribution in [2.75, 3.05) is 5.32 Å². The van der Waals surface area contributed by atoms with E-state index in [0.717, 1.165) is 5.56 Å². The fraction of sp³-hybridized carbons (Fsp3) is 0.375. The van der Waals surface area contributed by atoms with Gasteiger partial charge in [-0.15, -0.1) is 0 Å². The molecule has 0 spiro atoms. The molecule has 2 N–H and O–H groups in total. The summed E-state index contributed by atoms with van der Waals surface area (Å²) in [6.45, 7) is 5.49. The summed E-state index contributed by atoms with van der Waals surface area (Å²) < 4.78 is 1.48. The van der Waals surface area contributed by atoms with Crippen LogP contribution in [-0.2, 0) is 11.8 Å². The molecule has 2 aromatic rings. The molecule has 0 aliphatic rings. The number of pyridine rings is 1. The highest BCUT2D eigenvalue weighted by atomic mass is 16.2. The zero-order valence-corrected chi connectivity index (χ0v) is 13.7. The molecule has 0 bridgehead atoms. The highest BCUT2D eigenvalue weighted by Crippen LogP contribution is 2.14. The van der Waals surface area contributed by atoms with Gasteiger partial charge in [0.2, 0.25) is 5.91 Å². The lowest BCUT2D eigenvalue weighted by atomic mass is 10.1. The van der Waals surface area contributed by atoms with Crippen LogP contribution in [0.15, 0.2) is 30.6 Å². The molecule has 0 saturated carbocycles. The van der Waals surface area contributed by atoms with E-state index < -0.39 is 0 Å². The van der Waals surface area contributed by atoms with Crippen molar-refractivity contribution in [1.29, 1.82) is 0 Å². The van der Waals surface area contributed by atoms with Crippen LogP contribution < -0.4 is 10.6 Å². The van der Waals surface area contributed by atoms with Crippen LogP contribution in [0.1, 0.15) is 42.9 Å². The van der Waals surface area contributed by atoms with E-state index in [2.05, 4.69) is 20.7 Å². The van der Waals surface area contributed by atoms with Crippen LogP contribution in [0, 0.1) is 5.92 Å². The van der Waals surface area contributed by atoms with Gasteiger partial charge in [0.15, 0.2) is 5.69 Å². The maximum atomic E-state index is 12.3. The van der Waals surface area contributed by atoms with Gasteiger partial charge in [0.05, 0.1) is 6.04 Å². The van der Waals surface area contributed by atoms with Gasteiger partial charge in [-0.05, 0) is 24.6 Å². The molecule has 2 heterocycles. The molecule has 122 valence electrons. The van der Waals surface area contributed by atoms with Crippen molar-refractivity contribution in [3.8, 4) is 0 Å². The number of hydrogen-bond donors (Lipinski definition) is 2. The molecular weight excluding hydrogens is 294 g/mol. The maximum Gasteiger partial charge on any atom is 0.272 e. The highest BCUT2D eigenvalue weighted by molar-refractivity contribution is 5.96. The number of rotatable bonds is 5. The van der Waals surface area contributed by atoms with Crippen molar-refractivity contribution >= 4 is 17.6 Å². The number of hydrogen-bond acceptors (Lipinski definition) is 4. The lowest BCUT2D eigenvalue weighted by Gasteiger charge is -2.12. The predicted molar refractivity (Wildman–Crippen MR) is 86.8 cm³/mol. The Morgan fingerprint density at radius 2 is 1.83 bits per heavy atom. The first-order chi connectivity index (χ1) is 10.9. The Kier molecular flexibility index (Phi) is 5.10. The first-order valence-corrected chi connectivity index (χ1v) is 7.44. The topological polar surface area (TPSA) is 88.9 Å². The van der Waals surface area contributed by atoms with Crippen LogP contribution in [0.4, 0.5) is 5.82 Å². The number of nitrogens with one attached hydrogen (secondary N) is 2. The zero-order chi connectivity index (χ0) is 17.0. The summed E-state index contributed by atoms with van der Waals surface area (Å²) in [6.07, 6.45) is 3.36. The fourth-order valence-electron chi connectivity index (χ4n) is 1.97. The first-order valence-electron chi connectivity index (χ1n) is 7.44. The lowest BCUT2D eigenvalue weighted by molar-refractivity contribution is -0.118. The second-order valence-corrected chi connectivity index (χ2v) is 5.66. The third-order valence-electron chi connectivity index (χ3n) is 3.44. The Hall–Kier alpha value is -2.70. The number of aromatic nitrogens is 3. The molecule has 0 fully saturated rings. The van der Waals surface area contributed by atoms with Gasteiger partial charge in [-0.25, -0.2) is 0 Å². The van der Waals surface area contributed by atoms with Crippen molar-refractivity contribution in [1.82, 2.24) is 20.1 Å². The summed E-state index contributed by atoms with van der Waals surface area (Å²) in [5.74, 6) is -0.0700. The molecule has 7 heteroatoms. The van der Waals surface area contributed by atoms with Gasteiger partial charge in [-0.1, -0.05) is 13.8 Å². The minimum atomic E-state index is -0.296. The molecule has 2 rings (SSSR count). The van der Waals surface area contributed by atoms with Gasteiger partial charge in [0, 0.05) is 31.4 Å². The Morgan fingerprint density at radius 3 is 2.43 bits per heavy atom. The Labute approximate surface area is 135 Å². The molecule has 0 aromatic carbocycles. The molecule has 0 aliphatic heterocycles. The van der Waals surface area contributed by atoms with Crippen LogP contribution in [0.5, 0.6) is 0 Å². The summed E-state index contributed by atoms with van der Waals surface area (Å²) >= 11 is 0. The molecule has 23 heavy (non-hydrogen) atoms. The van der Waals surface area contributed by atoms with Crippen molar-refractivity contribution in [3.63, 3.8) is 0 Å². The Morgan fingerprint density at radius 1 is 1.17 bits per heavy atom. The standard InChI is InChI=1S/C16H21N5O2/c1-10(2)15(22)19-14-9-13(20-21(14)4)16(23)18-11(3)12-5-7-17-8-6-12/h5-11H,1-4H3,(H,18,23)(H,19,22). The van der Waals surface area contributed by atoms with E-state index in [0.29, 0.717) is 5.82 Å². The van der Waals surface area contributed by atoms with Gasteiger partial charge in [0.1, 0.15) is 5.82 Å². The number of anilines is 1. The monoisotopic (exact) mass is 315 g/mol. The number of carbonyl (C=O) groups excluding carboxylic acids is 2. The normalized spacial score (nSPS) is 12.0. The number of carbonyl (C=O) groups is 2. The SMILES string of the molecule is CC(C)C(=O)Nc1cc(C(=O)NC(C)c2ccncc2)nn1C. The lowest BCUT2D eigenvalue weighted by Crippen LogP contribution is -2.27. The maximum absolute atomic E-state index is 12.3. The number of nitrogens with zero attached hydrogens (tertiary/aromatic N) is 3. The van der Waals surface area contributed by atoms with Crippen LogP contribution in [-0.4, -0.2) is 26.6 Å². The first kappa shape index (κ1) is 16.7. The van der Waals surface area contributed by atoms with Crippen LogP contribution in [0.25, 0.3) is 0 Å². The number of amides is 2. The molecular formula is C16H21N5O2. The second kappa shape index (κ2) is 7.04. The summed E-state index contributed by atoms with van der Waals surface area (Å²) in [7, 11) is 1.68. The van der Waals surface area contributed by atoms with Crippen molar-refractivity contribution in [3.05, 3.63) is 41.9 Å². The van der Waals surface area contributed by atoms with Crippen LogP contribution in [0.3, 0.4) is 0 Å². The molecule has 1 unspecified atom stereocenters. The molecule has 0 saturated heterocycles. The third-order valence-corrected chi connectivity index (χ3v) is 3.44. The summed E-state index contributed by atoms with van der Waals surface area (Å²) in [6, 6.07) is 5.09. The van der Waals surface area contributed by atoms with Gasteiger partial charge >= 0.3 is 0 Å². The van der Waals surface area contributed by atoms with E-state index in [1.54, 1.807) is 39.4 Å². The minimum Gasteiger partial charge on any atom is -0.344 e. The Bertz CT molecular complexity index is 694. The third kappa shape index (κ3) is 4.15. The van der Waals surface area contributed by atoms with Crippen LogP contribution >= 0.6 is 0 Å². The van der Waals surface area contributed by atoms with Crippen molar-refractivity contribution in [2.45, 2.75) is 26.8 Å². The van der Waals surface area contributed by atoms with Gasteiger partial charge < -0.3 is 10.6 Å². The van der Waals surface area contributed by atoms with E-state index >= 15 is 0 Å². The van der Waals surface area contributed by atoms with E-state index in [4.69, 9.17) is 0 Å². The average molecular weight is 315 g/mol.